The molecule has 0 aliphatic carbocycles. The zero-order valence-corrected chi connectivity index (χ0v) is 52.1. The van der Waals surface area contributed by atoms with Crippen molar-refractivity contribution < 1.29 is 29.0 Å². The number of nitrogens with zero attached hydrogens (tertiary/aromatic N) is 4. The highest BCUT2D eigenvalue weighted by molar-refractivity contribution is 7.98. The fraction of sp³-hybridized carbons (Fsp3) is 0.296. The van der Waals surface area contributed by atoms with Gasteiger partial charge in [-0.25, -0.2) is 0 Å². The topological polar surface area (TPSA) is 178 Å². The maximum absolute atomic E-state index is 13.5. The Balaban J connectivity index is 0.000000208. The third-order valence-electron chi connectivity index (χ3n) is 15.7. The molecular formula is C71H78N8O6S2. The van der Waals surface area contributed by atoms with E-state index in [-0.39, 0.29) is 24.2 Å². The summed E-state index contributed by atoms with van der Waals surface area (Å²) in [5.74, 6) is 1.16. The average molecular weight is 1200 g/mol. The first-order valence-corrected chi connectivity index (χ1v) is 32.2. The molecule has 6 aromatic carbocycles. The third-order valence-corrected chi connectivity index (χ3v) is 17.7. The molecule has 0 spiro atoms. The summed E-state index contributed by atoms with van der Waals surface area (Å²) in [5, 5.41) is 22.2. The molecule has 2 aliphatic heterocycles. The number of aliphatic carboxylic acids is 1. The summed E-state index contributed by atoms with van der Waals surface area (Å²) in [4.78, 5) is 63.5. The van der Waals surface area contributed by atoms with E-state index < -0.39 is 5.97 Å². The van der Waals surface area contributed by atoms with Gasteiger partial charge >= 0.3 is 11.9 Å². The van der Waals surface area contributed by atoms with Gasteiger partial charge in [0.2, 0.25) is 0 Å². The molecule has 2 fully saturated rings. The number of carbonyl (C=O) groups is 4. The molecule has 5 N–H and O–H groups in total. The van der Waals surface area contributed by atoms with Crippen LogP contribution < -0.4 is 31.1 Å². The number of benzene rings is 6. The number of thioether (sulfide) groups is 2. The molecule has 2 saturated heterocycles. The second-order valence-corrected chi connectivity index (χ2v) is 24.4. The van der Waals surface area contributed by atoms with Crippen molar-refractivity contribution in [2.45, 2.75) is 90.6 Å². The van der Waals surface area contributed by atoms with Gasteiger partial charge in [0.25, 0.3) is 11.8 Å². The van der Waals surface area contributed by atoms with Crippen molar-refractivity contribution in [3.63, 3.8) is 0 Å². The lowest BCUT2D eigenvalue weighted by molar-refractivity contribution is -0.140. The number of amides is 2. The second-order valence-electron chi connectivity index (χ2n) is 22.1. The zero-order valence-electron chi connectivity index (χ0n) is 50.4. The van der Waals surface area contributed by atoms with Gasteiger partial charge in [0.15, 0.2) is 0 Å². The number of carboxylic acid groups (broad SMARTS) is 1. The van der Waals surface area contributed by atoms with E-state index in [9.17, 15) is 19.2 Å². The number of rotatable bonds is 22. The van der Waals surface area contributed by atoms with E-state index in [0.29, 0.717) is 51.9 Å². The van der Waals surface area contributed by atoms with Crippen molar-refractivity contribution in [1.82, 2.24) is 9.97 Å². The number of anilines is 8. The molecule has 0 unspecified atom stereocenters. The van der Waals surface area contributed by atoms with Crippen molar-refractivity contribution in [2.75, 3.05) is 75.9 Å². The zero-order chi connectivity index (χ0) is 61.1. The van der Waals surface area contributed by atoms with Crippen LogP contribution in [0.25, 0.3) is 22.5 Å². The number of piperidine rings is 2. The van der Waals surface area contributed by atoms with E-state index in [1.807, 2.05) is 78.9 Å². The molecule has 14 nitrogen and oxygen atoms in total. The normalized spacial score (nSPS) is 13.0. The summed E-state index contributed by atoms with van der Waals surface area (Å²) in [5.41, 5.74) is 18.9. The summed E-state index contributed by atoms with van der Waals surface area (Å²) in [6.07, 6.45) is 11.3. The van der Waals surface area contributed by atoms with E-state index in [0.717, 1.165) is 93.9 Å². The van der Waals surface area contributed by atoms with Gasteiger partial charge < -0.3 is 40.9 Å². The number of ether oxygens (including phenoxy) is 1. The highest BCUT2D eigenvalue weighted by Gasteiger charge is 2.20. The Kier molecular flexibility index (Phi) is 22.5. The van der Waals surface area contributed by atoms with E-state index >= 15 is 0 Å². The summed E-state index contributed by atoms with van der Waals surface area (Å²) in [6.45, 7) is 12.5. The first-order chi connectivity index (χ1) is 42.2. The van der Waals surface area contributed by atoms with Gasteiger partial charge in [0.1, 0.15) is 0 Å². The van der Waals surface area contributed by atoms with Gasteiger partial charge in [-0.15, -0.1) is 0 Å². The maximum atomic E-state index is 13.5. The van der Waals surface area contributed by atoms with Gasteiger partial charge in [0.05, 0.1) is 42.7 Å². The minimum absolute atomic E-state index is 0.121. The minimum Gasteiger partial charge on any atom is -0.481 e. The number of methoxy groups -OCH3 is 1. The number of esters is 1. The number of aromatic nitrogens is 2. The smallest absolute Gasteiger partial charge is 0.306 e. The molecule has 2 amide bonds. The molecule has 0 atom stereocenters. The second kappa shape index (κ2) is 31.2. The molecule has 450 valence electrons. The number of aryl methyl sites for hydroxylation is 4. The van der Waals surface area contributed by atoms with Crippen LogP contribution in [-0.4, -0.2) is 83.6 Å². The van der Waals surface area contributed by atoms with Gasteiger partial charge in [-0.2, -0.15) is 23.5 Å². The Bertz CT molecular complexity index is 3700. The monoisotopic (exact) mass is 1200 g/mol. The molecule has 2 aliphatic rings. The van der Waals surface area contributed by atoms with Gasteiger partial charge in [0, 0.05) is 118 Å². The van der Waals surface area contributed by atoms with E-state index in [2.05, 4.69) is 119 Å². The quantitative estimate of drug-likeness (QED) is 0.0320. The van der Waals surface area contributed by atoms with Crippen molar-refractivity contribution in [3.05, 3.63) is 202 Å². The molecule has 0 bridgehead atoms. The van der Waals surface area contributed by atoms with Crippen LogP contribution in [0.5, 0.6) is 0 Å². The Morgan fingerprint density at radius 1 is 0.494 bits per heavy atom. The molecule has 87 heavy (non-hydrogen) atoms. The van der Waals surface area contributed by atoms with Crippen molar-refractivity contribution in [3.8, 4) is 22.5 Å². The van der Waals surface area contributed by atoms with Gasteiger partial charge in [-0.3, -0.25) is 29.1 Å². The molecule has 0 radical (unpaired) electrons. The van der Waals surface area contributed by atoms with Crippen LogP contribution in [0, 0.1) is 27.7 Å². The van der Waals surface area contributed by atoms with Gasteiger partial charge in [-0.1, -0.05) is 36.4 Å². The summed E-state index contributed by atoms with van der Waals surface area (Å²) >= 11 is 3.19. The molecule has 4 heterocycles. The lowest BCUT2D eigenvalue weighted by atomic mass is 10.0. The SMILES string of the molecule is COC(=O)CCSCc1cccc(C(=O)Nc2ccc(N3CCCCC3)cc2-c2cc(Nc3ccc(C)c(C)c3)ccn2)c1.Cc1ccc(Nc2ccnc(-c3cc(N4CCCCC4)ccc3NC(=O)c3cccc(CSCCC(=O)O)c3)c2)cc1C. The van der Waals surface area contributed by atoms with Crippen LogP contribution in [0.4, 0.5) is 45.5 Å². The van der Waals surface area contributed by atoms with Crippen LogP contribution in [-0.2, 0) is 25.8 Å². The van der Waals surface area contributed by atoms with Crippen LogP contribution in [0.15, 0.2) is 158 Å². The molecule has 0 saturated carbocycles. The summed E-state index contributed by atoms with van der Waals surface area (Å²) in [7, 11) is 1.40. The predicted molar refractivity (Wildman–Crippen MR) is 360 cm³/mol. The van der Waals surface area contributed by atoms with Crippen LogP contribution >= 0.6 is 23.5 Å². The average Bonchev–Trinajstić information content (AvgIpc) is 3.50. The number of nitrogens with one attached hydrogen (secondary N) is 4. The Hall–Kier alpha value is -8.60. The number of pyridine rings is 2. The van der Waals surface area contributed by atoms with Crippen LogP contribution in [0.2, 0.25) is 0 Å². The Labute approximate surface area is 520 Å². The molecule has 10 rings (SSSR count). The first kappa shape index (κ1) is 62.9. The lowest BCUT2D eigenvalue weighted by Gasteiger charge is -2.29. The number of hydrogen-bond acceptors (Lipinski definition) is 13. The fourth-order valence-electron chi connectivity index (χ4n) is 10.5. The number of hydrogen-bond donors (Lipinski definition) is 5. The third kappa shape index (κ3) is 18.2. The highest BCUT2D eigenvalue weighted by atomic mass is 32.2. The van der Waals surface area contributed by atoms with E-state index in [1.165, 1.54) is 67.9 Å². The maximum Gasteiger partial charge on any atom is 0.306 e. The highest BCUT2D eigenvalue weighted by Crippen LogP contribution is 2.37. The number of carbonyl (C=O) groups excluding carboxylic acids is 3. The van der Waals surface area contributed by atoms with Crippen LogP contribution in [0.3, 0.4) is 0 Å². The number of carboxylic acids is 1. The van der Waals surface area contributed by atoms with Gasteiger partial charge in [-0.05, 0) is 209 Å². The molecule has 8 aromatic rings. The lowest BCUT2D eigenvalue weighted by Crippen LogP contribution is -2.29. The predicted octanol–water partition coefficient (Wildman–Crippen LogP) is 16.2. The van der Waals surface area contributed by atoms with Crippen molar-refractivity contribution >= 4 is 92.8 Å². The largest absolute Gasteiger partial charge is 0.481 e. The van der Waals surface area contributed by atoms with E-state index in [4.69, 9.17) is 19.8 Å². The molecular weight excluding hydrogens is 1120 g/mol. The summed E-state index contributed by atoms with van der Waals surface area (Å²) < 4.78 is 4.72. The molecule has 2 aromatic heterocycles. The summed E-state index contributed by atoms with van der Waals surface area (Å²) in [6, 6.07) is 48.2. The Morgan fingerprint density at radius 2 is 0.931 bits per heavy atom. The standard InChI is InChI=1S/C36H40N4O3S.C35H38N4O3S/c1-25-10-11-29(20-26(25)2)38-30-14-16-37-34(22-30)32-23-31(40-17-5-4-6-18-40)12-13-33(32)39-36(42)28-9-7-8-27(21-28)24-44-19-15-35(41)43-3;1-24-9-10-28(19-25(24)2)37-29-13-15-36-33(21-29)31-22-30(39-16-4-3-5-17-39)11-12-32(31)38-35(42)27-8-6-7-26(20-27)23-43-18-14-34(40)41/h7-14,16,20-23H,4-6,15,17-19,24H2,1-3H3,(H,37,38)(H,39,42);6-13,15,19-22H,3-5,14,16-18,23H2,1-2H3,(H,36,37)(H,38,42)(H,40,41). The van der Waals surface area contributed by atoms with Crippen molar-refractivity contribution in [1.29, 1.82) is 0 Å². The fourth-order valence-corrected chi connectivity index (χ4v) is 12.2. The molecule has 16 heteroatoms. The van der Waals surface area contributed by atoms with E-state index in [1.54, 1.807) is 42.0 Å². The first-order valence-electron chi connectivity index (χ1n) is 29.9. The van der Waals surface area contributed by atoms with Crippen LogP contribution in [0.1, 0.15) is 105 Å². The Morgan fingerprint density at radius 3 is 1.36 bits per heavy atom. The van der Waals surface area contributed by atoms with Crippen molar-refractivity contribution in [2.24, 2.45) is 0 Å². The minimum atomic E-state index is -0.802.